The fourth-order valence-corrected chi connectivity index (χ4v) is 9.79. The van der Waals surface area contributed by atoms with Crippen LogP contribution in [-0.2, 0) is 18.7 Å². The summed E-state index contributed by atoms with van der Waals surface area (Å²) in [4.78, 5) is 0.105. The quantitative estimate of drug-likeness (QED) is 0.324. The lowest BCUT2D eigenvalue weighted by Crippen LogP contribution is -2.67. The van der Waals surface area contributed by atoms with Crippen molar-refractivity contribution in [3.8, 4) is 0 Å². The van der Waals surface area contributed by atoms with Crippen molar-refractivity contribution in [2.75, 3.05) is 13.2 Å². The van der Waals surface area contributed by atoms with Crippen molar-refractivity contribution in [1.82, 2.24) is 0 Å². The fourth-order valence-electron chi connectivity index (χ4n) is 4.22. The van der Waals surface area contributed by atoms with E-state index in [1.165, 1.54) is 12.1 Å². The molecular weight excluding hydrogens is 476 g/mol. The van der Waals surface area contributed by atoms with Crippen molar-refractivity contribution in [3.05, 3.63) is 90.5 Å². The molecule has 0 saturated heterocycles. The molecule has 0 aliphatic heterocycles. The highest BCUT2D eigenvalue weighted by Gasteiger charge is 2.50. The molecule has 2 atom stereocenters. The molecule has 3 aromatic rings. The summed E-state index contributed by atoms with van der Waals surface area (Å²) in [5, 5.41) is 13.0. The first-order valence-electron chi connectivity index (χ1n) is 11.9. The van der Waals surface area contributed by atoms with Crippen molar-refractivity contribution in [2.45, 2.75) is 50.7 Å². The number of aliphatic hydroxyl groups excluding tert-OH is 1. The average Bonchev–Trinajstić information content (AvgIpc) is 2.83. The zero-order chi connectivity index (χ0) is 25.7. The summed E-state index contributed by atoms with van der Waals surface area (Å²) < 4.78 is 37.2. The van der Waals surface area contributed by atoms with Crippen LogP contribution in [0.3, 0.4) is 0 Å². The van der Waals surface area contributed by atoms with Gasteiger partial charge in [-0.25, -0.2) is 0 Å². The van der Waals surface area contributed by atoms with Crippen molar-refractivity contribution in [3.63, 3.8) is 0 Å². The number of hydrogen-bond acceptors (Lipinski definition) is 5. The highest BCUT2D eigenvalue weighted by molar-refractivity contribution is 7.86. The van der Waals surface area contributed by atoms with E-state index in [2.05, 4.69) is 45.0 Å². The predicted molar refractivity (Wildman–Crippen MR) is 143 cm³/mol. The summed E-state index contributed by atoms with van der Waals surface area (Å²) in [6.45, 7) is 10.1. The lowest BCUT2D eigenvalue weighted by molar-refractivity contribution is 0.0413. The zero-order valence-electron chi connectivity index (χ0n) is 21.1. The molecule has 35 heavy (non-hydrogen) atoms. The van der Waals surface area contributed by atoms with Gasteiger partial charge >= 0.3 is 0 Å². The Morgan fingerprint density at radius 3 is 1.77 bits per heavy atom. The van der Waals surface area contributed by atoms with Gasteiger partial charge < -0.3 is 9.53 Å². The highest BCUT2D eigenvalue weighted by Crippen LogP contribution is 2.37. The normalized spacial score (nSPS) is 14.5. The Kier molecular flexibility index (Phi) is 8.72. The minimum atomic E-state index is -3.90. The van der Waals surface area contributed by atoms with Gasteiger partial charge in [0.15, 0.2) is 0 Å². The summed E-state index contributed by atoms with van der Waals surface area (Å²) in [6.07, 6.45) is -0.898. The maximum Gasteiger partial charge on any atom is 0.296 e. The standard InChI is InChI=1S/C28H36O5SSi/c1-22-16-18-24(19-17-22)34(30,31)32-20-23(2)27(29)21-33-35(28(3,4)5,25-12-8-6-9-13-25)26-14-10-7-11-15-26/h6-19,23,27,29H,20-21H2,1-5H3/t23-,27-/m0/s1. The smallest absolute Gasteiger partial charge is 0.296 e. The highest BCUT2D eigenvalue weighted by atomic mass is 32.2. The summed E-state index contributed by atoms with van der Waals surface area (Å²) in [7, 11) is -6.70. The van der Waals surface area contributed by atoms with E-state index in [0.717, 1.165) is 15.9 Å². The van der Waals surface area contributed by atoms with Crippen molar-refractivity contribution >= 4 is 28.8 Å². The average molecular weight is 513 g/mol. The lowest BCUT2D eigenvalue weighted by atomic mass is 10.1. The Hall–Kier alpha value is -2.29. The summed E-state index contributed by atoms with van der Waals surface area (Å²) >= 11 is 0. The van der Waals surface area contributed by atoms with Crippen LogP contribution in [0.25, 0.3) is 0 Å². The van der Waals surface area contributed by atoms with E-state index in [1.54, 1.807) is 19.1 Å². The van der Waals surface area contributed by atoms with Gasteiger partial charge in [-0.05, 0) is 34.5 Å². The fraction of sp³-hybridized carbons (Fsp3) is 0.357. The molecule has 188 valence electrons. The second kappa shape index (κ2) is 11.2. The van der Waals surface area contributed by atoms with Crippen LogP contribution in [0.5, 0.6) is 0 Å². The Labute approximate surface area is 211 Å². The first-order valence-corrected chi connectivity index (χ1v) is 15.2. The van der Waals surface area contributed by atoms with Gasteiger partial charge in [0.25, 0.3) is 18.4 Å². The van der Waals surface area contributed by atoms with E-state index >= 15 is 0 Å². The molecule has 0 fully saturated rings. The van der Waals surface area contributed by atoms with E-state index in [1.807, 2.05) is 43.3 Å². The Balaban J connectivity index is 1.79. The summed E-state index contributed by atoms with van der Waals surface area (Å²) in [6, 6.07) is 26.9. The van der Waals surface area contributed by atoms with Gasteiger partial charge in [-0.3, -0.25) is 4.18 Å². The van der Waals surface area contributed by atoms with Gasteiger partial charge in [0.2, 0.25) is 0 Å². The molecule has 0 unspecified atom stereocenters. The van der Waals surface area contributed by atoms with Crippen molar-refractivity contribution < 1.29 is 22.1 Å². The number of hydrogen-bond donors (Lipinski definition) is 1. The van der Waals surface area contributed by atoms with E-state index in [-0.39, 0.29) is 23.1 Å². The van der Waals surface area contributed by atoms with Crippen LogP contribution in [0.2, 0.25) is 5.04 Å². The van der Waals surface area contributed by atoms with E-state index in [4.69, 9.17) is 8.61 Å². The maximum absolute atomic E-state index is 12.6. The van der Waals surface area contributed by atoms with Gasteiger partial charge in [0, 0.05) is 5.92 Å². The third kappa shape index (κ3) is 6.29. The van der Waals surface area contributed by atoms with Gasteiger partial charge in [0.1, 0.15) is 0 Å². The van der Waals surface area contributed by atoms with Crippen LogP contribution in [-0.4, -0.2) is 41.2 Å². The Morgan fingerprint density at radius 2 is 1.31 bits per heavy atom. The third-order valence-corrected chi connectivity index (χ3v) is 12.6. The van der Waals surface area contributed by atoms with E-state index in [9.17, 15) is 13.5 Å². The minimum Gasteiger partial charge on any atom is -0.405 e. The molecule has 0 aliphatic carbocycles. The zero-order valence-corrected chi connectivity index (χ0v) is 23.0. The molecule has 0 aliphatic rings. The molecule has 0 aromatic heterocycles. The van der Waals surface area contributed by atoms with Crippen LogP contribution >= 0.6 is 0 Å². The van der Waals surface area contributed by atoms with Crippen LogP contribution in [0.1, 0.15) is 33.3 Å². The van der Waals surface area contributed by atoms with Gasteiger partial charge in [-0.15, -0.1) is 0 Å². The third-order valence-electron chi connectivity index (χ3n) is 6.34. The largest absolute Gasteiger partial charge is 0.405 e. The Morgan fingerprint density at radius 1 is 0.829 bits per heavy atom. The molecule has 7 heteroatoms. The molecule has 0 bridgehead atoms. The van der Waals surface area contributed by atoms with Crippen LogP contribution < -0.4 is 10.4 Å². The Bertz CT molecular complexity index is 1130. The molecule has 0 heterocycles. The van der Waals surface area contributed by atoms with Crippen LogP contribution in [0.15, 0.2) is 89.8 Å². The molecule has 3 rings (SSSR count). The molecule has 1 N–H and O–H groups in total. The number of aliphatic hydroxyl groups is 1. The first-order chi connectivity index (χ1) is 16.5. The molecule has 3 aromatic carbocycles. The van der Waals surface area contributed by atoms with Crippen molar-refractivity contribution in [2.24, 2.45) is 5.92 Å². The molecule has 0 radical (unpaired) electrons. The van der Waals surface area contributed by atoms with E-state index < -0.39 is 30.5 Å². The second-order valence-corrected chi connectivity index (χ2v) is 16.0. The van der Waals surface area contributed by atoms with Gasteiger partial charge in [-0.2, -0.15) is 8.42 Å². The molecule has 0 saturated carbocycles. The van der Waals surface area contributed by atoms with E-state index in [0.29, 0.717) is 0 Å². The van der Waals surface area contributed by atoms with Gasteiger partial charge in [-0.1, -0.05) is 106 Å². The van der Waals surface area contributed by atoms with Crippen molar-refractivity contribution in [1.29, 1.82) is 0 Å². The number of aryl methyl sites for hydroxylation is 1. The van der Waals surface area contributed by atoms with Crippen LogP contribution in [0.4, 0.5) is 0 Å². The molecule has 0 amide bonds. The minimum absolute atomic E-state index is 0.0718. The first kappa shape index (κ1) is 27.3. The van der Waals surface area contributed by atoms with Gasteiger partial charge in [0.05, 0.1) is 24.2 Å². The second-order valence-electron chi connectivity index (χ2n) is 10.1. The summed E-state index contributed by atoms with van der Waals surface area (Å²) in [5.74, 6) is -0.451. The topological polar surface area (TPSA) is 72.8 Å². The predicted octanol–water partition coefficient (Wildman–Crippen LogP) is 4.27. The monoisotopic (exact) mass is 512 g/mol. The summed E-state index contributed by atoms with van der Waals surface area (Å²) in [5.41, 5.74) is 0.966. The molecule has 0 spiro atoms. The molecule has 5 nitrogen and oxygen atoms in total. The SMILES string of the molecule is Cc1ccc(S(=O)(=O)OC[C@H](C)[C@@H](O)CO[Si](c2ccccc2)(c2ccccc2)C(C)(C)C)cc1. The maximum atomic E-state index is 12.6. The lowest BCUT2D eigenvalue weighted by Gasteiger charge is -2.43. The van der Waals surface area contributed by atoms with Crippen LogP contribution in [0, 0.1) is 12.8 Å². The number of rotatable bonds is 10. The molecular formula is C28H36O5SSi. The number of benzene rings is 3.